The van der Waals surface area contributed by atoms with Gasteiger partial charge in [-0.05, 0) is 0 Å². The molecule has 76 valence electrons. The van der Waals surface area contributed by atoms with Gasteiger partial charge in [0.1, 0.15) is 0 Å². The molecule has 0 aliphatic carbocycles. The number of alkyl halides is 3. The van der Waals surface area contributed by atoms with E-state index < -0.39 is 19.4 Å². The molecule has 8 heteroatoms. The van der Waals surface area contributed by atoms with E-state index in [-0.39, 0.29) is 0 Å². The van der Waals surface area contributed by atoms with Crippen molar-refractivity contribution >= 4 is 7.60 Å². The van der Waals surface area contributed by atoms with E-state index in [1.807, 2.05) is 0 Å². The normalized spacial score (nSPS) is 15.1. The Balaban J connectivity index is 5.01. The highest BCUT2D eigenvalue weighted by Crippen LogP contribution is 2.56. The van der Waals surface area contributed by atoms with Crippen molar-refractivity contribution in [1.29, 1.82) is 5.26 Å². The van der Waals surface area contributed by atoms with Crippen LogP contribution in [0.2, 0.25) is 0 Å². The monoisotopic (exact) mass is 217 g/mol. The molecule has 0 amide bonds. The molecule has 0 N–H and O–H groups in total. The lowest BCUT2D eigenvalue weighted by Gasteiger charge is -2.20. The average molecular weight is 217 g/mol. The summed E-state index contributed by atoms with van der Waals surface area (Å²) in [6.07, 6.45) is -4.92. The Morgan fingerprint density at radius 3 is 1.85 bits per heavy atom. The fourth-order valence-corrected chi connectivity index (χ4v) is 1.68. The van der Waals surface area contributed by atoms with Crippen LogP contribution in [-0.2, 0) is 13.6 Å². The zero-order valence-corrected chi connectivity index (χ0v) is 7.72. The van der Waals surface area contributed by atoms with Crippen LogP contribution in [0, 0.1) is 11.3 Å². The molecule has 1 unspecified atom stereocenters. The molecule has 0 rings (SSSR count). The van der Waals surface area contributed by atoms with Crippen LogP contribution in [0.15, 0.2) is 0 Å². The van der Waals surface area contributed by atoms with Crippen LogP contribution in [0.25, 0.3) is 0 Å². The predicted octanol–water partition coefficient (Wildman–Crippen LogP) is 1.93. The summed E-state index contributed by atoms with van der Waals surface area (Å²) in [5, 5.41) is 8.16. The summed E-state index contributed by atoms with van der Waals surface area (Å²) in [6, 6.07) is 0.846. The number of hydrogen-bond acceptors (Lipinski definition) is 4. The summed E-state index contributed by atoms with van der Waals surface area (Å²) < 4.78 is 55.4. The Labute approximate surface area is 72.8 Å². The van der Waals surface area contributed by atoms with Crippen molar-refractivity contribution in [1.82, 2.24) is 0 Å². The minimum atomic E-state index is -4.92. The quantitative estimate of drug-likeness (QED) is 0.677. The first-order chi connectivity index (χ1) is 5.81. The Morgan fingerprint density at radius 1 is 1.38 bits per heavy atom. The maximum absolute atomic E-state index is 12.0. The van der Waals surface area contributed by atoms with Gasteiger partial charge < -0.3 is 9.05 Å². The first-order valence-corrected chi connectivity index (χ1v) is 4.60. The Morgan fingerprint density at radius 2 is 1.77 bits per heavy atom. The van der Waals surface area contributed by atoms with Crippen LogP contribution in [-0.4, -0.2) is 26.1 Å². The van der Waals surface area contributed by atoms with E-state index in [2.05, 4.69) is 9.05 Å². The van der Waals surface area contributed by atoms with Crippen LogP contribution in [0.3, 0.4) is 0 Å². The number of nitrogens with zero attached hydrogens (tertiary/aromatic N) is 1. The highest BCUT2D eigenvalue weighted by Gasteiger charge is 2.53. The third-order valence-corrected chi connectivity index (χ3v) is 3.32. The largest absolute Gasteiger partial charge is 0.415 e. The molecule has 0 aromatic heterocycles. The Hall–Kier alpha value is -0.570. The number of hydrogen-bond donors (Lipinski definition) is 0. The standard InChI is InChI=1S/C5H7F3NO3P/c1-11-13(10,12-2)4(3-9)5(6,7)8/h4H,1-2H3. The average Bonchev–Trinajstić information content (AvgIpc) is 2.02. The van der Waals surface area contributed by atoms with Gasteiger partial charge in [0.25, 0.3) is 0 Å². The maximum atomic E-state index is 12.0. The fraction of sp³-hybridized carbons (Fsp3) is 0.800. The third-order valence-electron chi connectivity index (χ3n) is 1.26. The molecule has 4 nitrogen and oxygen atoms in total. The Bertz CT molecular complexity index is 251. The van der Waals surface area contributed by atoms with Gasteiger partial charge >= 0.3 is 13.8 Å². The molecule has 0 radical (unpaired) electrons. The van der Waals surface area contributed by atoms with E-state index in [9.17, 15) is 17.7 Å². The van der Waals surface area contributed by atoms with Gasteiger partial charge in [-0.25, -0.2) is 0 Å². The van der Waals surface area contributed by atoms with Crippen LogP contribution >= 0.6 is 7.60 Å². The molecular weight excluding hydrogens is 210 g/mol. The molecule has 0 bridgehead atoms. The van der Waals surface area contributed by atoms with Crippen LogP contribution < -0.4 is 0 Å². The van der Waals surface area contributed by atoms with Gasteiger partial charge in [-0.3, -0.25) is 4.57 Å². The van der Waals surface area contributed by atoms with Crippen molar-refractivity contribution in [2.75, 3.05) is 14.2 Å². The van der Waals surface area contributed by atoms with Gasteiger partial charge in [0, 0.05) is 14.2 Å². The van der Waals surface area contributed by atoms with Crippen molar-refractivity contribution in [3.8, 4) is 6.07 Å². The van der Waals surface area contributed by atoms with Gasteiger partial charge in [-0.1, -0.05) is 0 Å². The second kappa shape index (κ2) is 4.09. The van der Waals surface area contributed by atoms with E-state index in [1.165, 1.54) is 0 Å². The Kier molecular flexibility index (Phi) is 3.91. The van der Waals surface area contributed by atoms with Gasteiger partial charge in [0.15, 0.2) is 0 Å². The van der Waals surface area contributed by atoms with E-state index in [0.717, 1.165) is 20.3 Å². The minimum absolute atomic E-state index is 0.792. The van der Waals surface area contributed by atoms with Crippen molar-refractivity contribution in [3.63, 3.8) is 0 Å². The van der Waals surface area contributed by atoms with Gasteiger partial charge in [0.05, 0.1) is 6.07 Å². The van der Waals surface area contributed by atoms with Crippen LogP contribution in [0.1, 0.15) is 0 Å². The summed E-state index contributed by atoms with van der Waals surface area (Å²) in [7, 11) is -2.81. The maximum Gasteiger partial charge on any atom is 0.415 e. The molecule has 0 spiro atoms. The summed E-state index contributed by atoms with van der Waals surface area (Å²) in [6.45, 7) is 0. The van der Waals surface area contributed by atoms with Crippen molar-refractivity contribution in [2.45, 2.75) is 11.8 Å². The fourth-order valence-electron chi connectivity index (χ4n) is 0.609. The van der Waals surface area contributed by atoms with E-state index in [0.29, 0.717) is 0 Å². The summed E-state index contributed by atoms with van der Waals surface area (Å²) >= 11 is 0. The zero-order valence-electron chi connectivity index (χ0n) is 6.83. The molecule has 1 atom stereocenters. The summed E-state index contributed by atoms with van der Waals surface area (Å²) in [5.41, 5.74) is -2.74. The second-order valence-electron chi connectivity index (χ2n) is 1.98. The highest BCUT2D eigenvalue weighted by atomic mass is 31.2. The first-order valence-electron chi connectivity index (χ1n) is 2.99. The van der Waals surface area contributed by atoms with E-state index in [1.54, 1.807) is 0 Å². The van der Waals surface area contributed by atoms with Gasteiger partial charge in [-0.2, -0.15) is 18.4 Å². The molecule has 0 aliphatic heterocycles. The third kappa shape index (κ3) is 2.69. The molecular formula is C5H7F3NO3P. The summed E-state index contributed by atoms with van der Waals surface area (Å²) in [4.78, 5) is 0. The molecule has 0 heterocycles. The lowest BCUT2D eigenvalue weighted by molar-refractivity contribution is -0.124. The molecule has 0 aliphatic rings. The van der Waals surface area contributed by atoms with Crippen molar-refractivity contribution in [2.24, 2.45) is 0 Å². The number of halogens is 3. The molecule has 0 aromatic carbocycles. The molecule has 13 heavy (non-hydrogen) atoms. The van der Waals surface area contributed by atoms with Crippen LogP contribution in [0.4, 0.5) is 13.2 Å². The van der Waals surface area contributed by atoms with Crippen molar-refractivity contribution < 1.29 is 26.8 Å². The molecule has 0 saturated heterocycles. The number of nitriles is 1. The minimum Gasteiger partial charge on any atom is -0.311 e. The lowest BCUT2D eigenvalue weighted by Crippen LogP contribution is -2.28. The lowest BCUT2D eigenvalue weighted by atomic mass is 10.5. The van der Waals surface area contributed by atoms with Gasteiger partial charge in [-0.15, -0.1) is 0 Å². The topological polar surface area (TPSA) is 59.3 Å². The molecule has 0 fully saturated rings. The predicted molar refractivity (Wildman–Crippen MR) is 37.1 cm³/mol. The second-order valence-corrected chi connectivity index (χ2v) is 4.30. The molecule has 0 saturated carbocycles. The molecule has 0 aromatic rings. The van der Waals surface area contributed by atoms with Crippen LogP contribution in [0.5, 0.6) is 0 Å². The number of rotatable bonds is 3. The summed E-state index contributed by atoms with van der Waals surface area (Å²) in [5.74, 6) is 0. The van der Waals surface area contributed by atoms with Crippen molar-refractivity contribution in [3.05, 3.63) is 0 Å². The first kappa shape index (κ1) is 12.4. The van der Waals surface area contributed by atoms with E-state index in [4.69, 9.17) is 5.26 Å². The zero-order chi connectivity index (χ0) is 10.7. The smallest absolute Gasteiger partial charge is 0.311 e. The highest BCUT2D eigenvalue weighted by molar-refractivity contribution is 7.55. The SMILES string of the molecule is COP(=O)(OC)C(C#N)C(F)(F)F. The van der Waals surface area contributed by atoms with Gasteiger partial charge in [0.2, 0.25) is 5.66 Å². The van der Waals surface area contributed by atoms with E-state index >= 15 is 0 Å².